The maximum Gasteiger partial charge on any atom is 0.280 e. The number of para-hydroxylation sites is 1. The average Bonchev–Trinajstić information content (AvgIpc) is 3.10. The molecule has 5 nitrogen and oxygen atoms in total. The molecule has 5 aromatic rings. The van der Waals surface area contributed by atoms with Crippen molar-refractivity contribution in [2.24, 2.45) is 0 Å². The minimum Gasteiger partial charge on any atom is -0.489 e. The molecule has 0 bridgehead atoms. The molecule has 0 aliphatic carbocycles. The summed E-state index contributed by atoms with van der Waals surface area (Å²) in [4.78, 5) is 17.2. The molecule has 5 rings (SSSR count). The van der Waals surface area contributed by atoms with Gasteiger partial charge in [-0.15, -0.1) is 0 Å². The number of fused-ring (bicyclic) bond motifs is 3. The van der Waals surface area contributed by atoms with Crippen molar-refractivity contribution in [2.75, 3.05) is 0 Å². The molecule has 0 aliphatic heterocycles. The van der Waals surface area contributed by atoms with Gasteiger partial charge in [0.15, 0.2) is 0 Å². The minimum absolute atomic E-state index is 0.111. The highest BCUT2D eigenvalue weighted by Gasteiger charge is 2.12. The van der Waals surface area contributed by atoms with Crippen LogP contribution in [0.3, 0.4) is 0 Å². The molecule has 28 heavy (non-hydrogen) atoms. The zero-order valence-corrected chi connectivity index (χ0v) is 15.0. The van der Waals surface area contributed by atoms with Crippen LogP contribution in [-0.4, -0.2) is 14.8 Å². The molecule has 2 aromatic heterocycles. The maximum absolute atomic E-state index is 12.8. The molecule has 136 valence electrons. The number of nitrogens with one attached hydrogen (secondary N) is 1. The van der Waals surface area contributed by atoms with E-state index < -0.39 is 0 Å². The lowest BCUT2D eigenvalue weighted by molar-refractivity contribution is 0.306. The fourth-order valence-electron chi connectivity index (χ4n) is 3.33. The number of benzene rings is 3. The van der Waals surface area contributed by atoms with Crippen LogP contribution in [0.5, 0.6) is 5.75 Å². The van der Waals surface area contributed by atoms with E-state index in [9.17, 15) is 4.79 Å². The predicted molar refractivity (Wildman–Crippen MR) is 110 cm³/mol. The Kier molecular flexibility index (Phi) is 3.91. The predicted octanol–water partition coefficient (Wildman–Crippen LogP) is 4.45. The number of aromatic nitrogens is 3. The fraction of sp³-hybridized carbons (Fsp3) is 0.0435. The van der Waals surface area contributed by atoms with Gasteiger partial charge in [-0.1, -0.05) is 48.5 Å². The summed E-state index contributed by atoms with van der Waals surface area (Å²) in [6.45, 7) is 0.496. The number of pyridine rings is 1. The zero-order valence-electron chi connectivity index (χ0n) is 15.0. The summed E-state index contributed by atoms with van der Waals surface area (Å²) in [5.41, 5.74) is 3.34. The summed E-state index contributed by atoms with van der Waals surface area (Å²) < 4.78 is 7.44. The van der Waals surface area contributed by atoms with Crippen molar-refractivity contribution in [3.63, 3.8) is 0 Å². The monoisotopic (exact) mass is 367 g/mol. The summed E-state index contributed by atoms with van der Waals surface area (Å²) in [6.07, 6.45) is 1.62. The first-order valence-corrected chi connectivity index (χ1v) is 9.05. The summed E-state index contributed by atoms with van der Waals surface area (Å²) in [5.74, 6) is 0.744. The lowest BCUT2D eigenvalue weighted by Crippen LogP contribution is -2.13. The molecule has 1 N–H and O–H groups in total. The molecule has 0 unspecified atom stereocenters. The third kappa shape index (κ3) is 2.83. The van der Waals surface area contributed by atoms with Gasteiger partial charge in [0.1, 0.15) is 12.4 Å². The SMILES string of the molecule is O=c1c2cnc3cc(OCc4ccccc4)ccc3c2[nH]n1-c1ccccc1. The summed E-state index contributed by atoms with van der Waals surface area (Å²) in [6, 6.07) is 25.3. The first-order chi connectivity index (χ1) is 13.8. The Labute approximate surface area is 160 Å². The summed E-state index contributed by atoms with van der Waals surface area (Å²) in [7, 11) is 0. The van der Waals surface area contributed by atoms with E-state index in [-0.39, 0.29) is 5.56 Å². The number of nitrogens with zero attached hydrogens (tertiary/aromatic N) is 2. The number of ether oxygens (including phenoxy) is 1. The molecule has 2 heterocycles. The third-order valence-corrected chi connectivity index (χ3v) is 4.76. The van der Waals surface area contributed by atoms with E-state index in [2.05, 4.69) is 10.1 Å². The van der Waals surface area contributed by atoms with Gasteiger partial charge in [0.05, 0.1) is 22.1 Å². The maximum atomic E-state index is 12.8. The number of H-pyrrole nitrogens is 1. The normalized spacial score (nSPS) is 11.1. The van der Waals surface area contributed by atoms with Crippen molar-refractivity contribution in [3.8, 4) is 11.4 Å². The van der Waals surface area contributed by atoms with Gasteiger partial charge in [0.2, 0.25) is 0 Å². The molecule has 0 atom stereocenters. The zero-order chi connectivity index (χ0) is 18.9. The van der Waals surface area contributed by atoms with Crippen molar-refractivity contribution >= 4 is 21.8 Å². The van der Waals surface area contributed by atoms with Gasteiger partial charge in [0, 0.05) is 17.6 Å². The number of aromatic amines is 1. The Morgan fingerprint density at radius 2 is 1.64 bits per heavy atom. The van der Waals surface area contributed by atoms with Gasteiger partial charge >= 0.3 is 0 Å². The van der Waals surface area contributed by atoms with E-state index in [4.69, 9.17) is 4.74 Å². The fourth-order valence-corrected chi connectivity index (χ4v) is 3.33. The van der Waals surface area contributed by atoms with E-state index >= 15 is 0 Å². The number of rotatable bonds is 4. The van der Waals surface area contributed by atoms with E-state index in [1.54, 1.807) is 10.9 Å². The molecule has 5 heteroatoms. The summed E-state index contributed by atoms with van der Waals surface area (Å²) in [5, 5.41) is 4.67. The highest BCUT2D eigenvalue weighted by Crippen LogP contribution is 2.25. The van der Waals surface area contributed by atoms with Crippen LogP contribution in [-0.2, 0) is 6.61 Å². The van der Waals surface area contributed by atoms with Crippen LogP contribution in [0.15, 0.2) is 89.9 Å². The van der Waals surface area contributed by atoms with Gasteiger partial charge in [-0.3, -0.25) is 14.9 Å². The Morgan fingerprint density at radius 1 is 0.893 bits per heavy atom. The Morgan fingerprint density at radius 3 is 2.43 bits per heavy atom. The van der Waals surface area contributed by atoms with Crippen molar-refractivity contribution in [1.82, 2.24) is 14.8 Å². The van der Waals surface area contributed by atoms with Crippen molar-refractivity contribution in [2.45, 2.75) is 6.61 Å². The molecule has 0 aliphatic rings. The van der Waals surface area contributed by atoms with Crippen molar-refractivity contribution in [1.29, 1.82) is 0 Å². The molecule has 0 spiro atoms. The topological polar surface area (TPSA) is 59.9 Å². The van der Waals surface area contributed by atoms with Crippen LogP contribution >= 0.6 is 0 Å². The van der Waals surface area contributed by atoms with Crippen molar-refractivity contribution < 1.29 is 4.74 Å². The molecule has 0 fully saturated rings. The smallest absolute Gasteiger partial charge is 0.280 e. The highest BCUT2D eigenvalue weighted by atomic mass is 16.5. The lowest BCUT2D eigenvalue weighted by Gasteiger charge is -2.07. The molecule has 0 radical (unpaired) electrons. The van der Waals surface area contributed by atoms with Crippen molar-refractivity contribution in [3.05, 3.63) is 101 Å². The average molecular weight is 367 g/mol. The van der Waals surface area contributed by atoms with Crippen LogP contribution in [0.4, 0.5) is 0 Å². The molecule has 0 saturated carbocycles. The van der Waals surface area contributed by atoms with E-state index in [0.717, 1.165) is 33.4 Å². The van der Waals surface area contributed by atoms with E-state index in [0.29, 0.717) is 12.0 Å². The first kappa shape index (κ1) is 16.3. The quantitative estimate of drug-likeness (QED) is 0.511. The summed E-state index contributed by atoms with van der Waals surface area (Å²) >= 11 is 0. The van der Waals surface area contributed by atoms with Gasteiger partial charge in [0.25, 0.3) is 5.56 Å². The first-order valence-electron chi connectivity index (χ1n) is 9.05. The standard InChI is InChI=1S/C23H17N3O2/c27-23-20-14-24-21-13-18(28-15-16-7-3-1-4-8-16)11-12-19(21)22(20)25-26(23)17-9-5-2-6-10-17/h1-14,25H,15H2. The minimum atomic E-state index is -0.111. The Bertz CT molecular complexity index is 1320. The Balaban J connectivity index is 1.54. The second kappa shape index (κ2) is 6.70. The van der Waals surface area contributed by atoms with Crippen LogP contribution in [0.1, 0.15) is 5.56 Å². The van der Waals surface area contributed by atoms with Gasteiger partial charge < -0.3 is 4.74 Å². The number of hydrogen-bond acceptors (Lipinski definition) is 3. The van der Waals surface area contributed by atoms with Gasteiger partial charge in [-0.2, -0.15) is 0 Å². The molecular formula is C23H17N3O2. The Hall–Kier alpha value is -3.86. The van der Waals surface area contributed by atoms with Gasteiger partial charge in [-0.05, 0) is 29.8 Å². The largest absolute Gasteiger partial charge is 0.489 e. The van der Waals surface area contributed by atoms with Crippen LogP contribution in [0.25, 0.3) is 27.5 Å². The van der Waals surface area contributed by atoms with Crippen LogP contribution in [0, 0.1) is 0 Å². The lowest BCUT2D eigenvalue weighted by atomic mass is 10.1. The van der Waals surface area contributed by atoms with Gasteiger partial charge in [-0.25, -0.2) is 4.68 Å². The third-order valence-electron chi connectivity index (χ3n) is 4.76. The second-order valence-corrected chi connectivity index (χ2v) is 6.59. The van der Waals surface area contributed by atoms with E-state index in [1.807, 2.05) is 78.9 Å². The van der Waals surface area contributed by atoms with Crippen LogP contribution in [0.2, 0.25) is 0 Å². The van der Waals surface area contributed by atoms with Crippen LogP contribution < -0.4 is 10.3 Å². The number of hydrogen-bond donors (Lipinski definition) is 1. The highest BCUT2D eigenvalue weighted by molar-refractivity contribution is 6.03. The molecule has 3 aromatic carbocycles. The second-order valence-electron chi connectivity index (χ2n) is 6.59. The molecular weight excluding hydrogens is 350 g/mol. The van der Waals surface area contributed by atoms with E-state index in [1.165, 1.54) is 0 Å². The molecule has 0 saturated heterocycles. The molecule has 0 amide bonds.